The molecule has 0 spiro atoms. The lowest BCUT2D eigenvalue weighted by molar-refractivity contribution is 0.0647. The Labute approximate surface area is 86.9 Å². The molecule has 0 aliphatic heterocycles. The van der Waals surface area contributed by atoms with Gasteiger partial charge in [0.1, 0.15) is 0 Å². The zero-order chi connectivity index (χ0) is 10.9. The van der Waals surface area contributed by atoms with Crippen LogP contribution in [0.1, 0.15) is 13.8 Å². The largest absolute Gasteiger partial charge is 0.383 e. The lowest BCUT2D eigenvalue weighted by atomic mass is 10.1. The molecule has 0 bridgehead atoms. The topological polar surface area (TPSA) is 39.7 Å². The van der Waals surface area contributed by atoms with Crippen LogP contribution >= 0.6 is 0 Å². The Kier molecular flexibility index (Phi) is 8.08. The van der Waals surface area contributed by atoms with Crippen molar-refractivity contribution in [3.63, 3.8) is 0 Å². The molecular formula is C10H23NO3. The summed E-state index contributed by atoms with van der Waals surface area (Å²) in [5.74, 6) is 0. The van der Waals surface area contributed by atoms with Crippen molar-refractivity contribution in [3.05, 3.63) is 0 Å². The average Bonchev–Trinajstić information content (AvgIpc) is 2.11. The smallest absolute Gasteiger partial charge is 0.0700 e. The predicted octanol–water partition coefficient (Wildman–Crippen LogP) is 0.664. The van der Waals surface area contributed by atoms with E-state index in [0.717, 1.165) is 6.54 Å². The van der Waals surface area contributed by atoms with Gasteiger partial charge in [-0.15, -0.1) is 0 Å². The minimum Gasteiger partial charge on any atom is -0.383 e. The number of nitrogens with one attached hydrogen (secondary N) is 1. The Morgan fingerprint density at radius 3 is 2.29 bits per heavy atom. The first-order valence-electron chi connectivity index (χ1n) is 4.93. The van der Waals surface area contributed by atoms with Crippen LogP contribution in [0, 0.1) is 0 Å². The maximum Gasteiger partial charge on any atom is 0.0700 e. The minimum atomic E-state index is 0.0133. The summed E-state index contributed by atoms with van der Waals surface area (Å²) in [7, 11) is 3.38. The van der Waals surface area contributed by atoms with E-state index in [1.165, 1.54) is 0 Å². The van der Waals surface area contributed by atoms with E-state index in [2.05, 4.69) is 19.2 Å². The Bertz CT molecular complexity index is 129. The lowest BCUT2D eigenvalue weighted by Gasteiger charge is -2.25. The van der Waals surface area contributed by atoms with Gasteiger partial charge in [0.2, 0.25) is 0 Å². The third kappa shape index (κ3) is 8.44. The van der Waals surface area contributed by atoms with E-state index in [-0.39, 0.29) is 5.54 Å². The van der Waals surface area contributed by atoms with Crippen molar-refractivity contribution in [2.45, 2.75) is 19.4 Å². The molecule has 0 aliphatic rings. The van der Waals surface area contributed by atoms with Gasteiger partial charge in [0.25, 0.3) is 0 Å². The van der Waals surface area contributed by atoms with E-state index in [1.54, 1.807) is 14.2 Å². The second kappa shape index (κ2) is 8.17. The fraction of sp³-hybridized carbons (Fsp3) is 1.00. The van der Waals surface area contributed by atoms with E-state index in [4.69, 9.17) is 14.2 Å². The molecule has 1 N–H and O–H groups in total. The molecule has 4 heteroatoms. The van der Waals surface area contributed by atoms with E-state index < -0.39 is 0 Å². The molecule has 0 saturated heterocycles. The molecule has 0 aromatic heterocycles. The zero-order valence-corrected chi connectivity index (χ0v) is 9.76. The number of ether oxygens (including phenoxy) is 3. The summed E-state index contributed by atoms with van der Waals surface area (Å²) >= 11 is 0. The van der Waals surface area contributed by atoms with Crippen molar-refractivity contribution in [2.75, 3.05) is 47.2 Å². The second-order valence-corrected chi connectivity index (χ2v) is 3.85. The molecule has 0 saturated carbocycles. The monoisotopic (exact) mass is 205 g/mol. The van der Waals surface area contributed by atoms with E-state index >= 15 is 0 Å². The van der Waals surface area contributed by atoms with E-state index in [9.17, 15) is 0 Å². The normalized spacial score (nSPS) is 12.0. The molecule has 0 aromatic carbocycles. The first-order chi connectivity index (χ1) is 6.62. The van der Waals surface area contributed by atoms with Gasteiger partial charge in [-0.05, 0) is 13.8 Å². The highest BCUT2D eigenvalue weighted by Gasteiger charge is 2.15. The SMILES string of the molecule is COCCOCCNC(C)(C)COC. The molecular weight excluding hydrogens is 182 g/mol. The number of methoxy groups -OCH3 is 2. The molecule has 0 atom stereocenters. The number of hydrogen-bond donors (Lipinski definition) is 1. The van der Waals surface area contributed by atoms with Crippen molar-refractivity contribution in [1.82, 2.24) is 5.32 Å². The summed E-state index contributed by atoms with van der Waals surface area (Å²) in [5.41, 5.74) is 0.0133. The predicted molar refractivity (Wildman–Crippen MR) is 56.7 cm³/mol. The Morgan fingerprint density at radius 2 is 1.71 bits per heavy atom. The number of hydrogen-bond acceptors (Lipinski definition) is 4. The van der Waals surface area contributed by atoms with Crippen LogP contribution in [0.25, 0.3) is 0 Å². The summed E-state index contributed by atoms with van der Waals surface area (Å²) in [6, 6.07) is 0. The Balaban J connectivity index is 3.26. The van der Waals surface area contributed by atoms with Crippen molar-refractivity contribution < 1.29 is 14.2 Å². The molecule has 0 radical (unpaired) electrons. The van der Waals surface area contributed by atoms with Crippen LogP contribution in [0.2, 0.25) is 0 Å². The summed E-state index contributed by atoms with van der Waals surface area (Å²) in [5, 5.41) is 3.35. The summed E-state index contributed by atoms with van der Waals surface area (Å²) in [4.78, 5) is 0. The van der Waals surface area contributed by atoms with Gasteiger partial charge in [-0.25, -0.2) is 0 Å². The molecule has 0 amide bonds. The van der Waals surface area contributed by atoms with Gasteiger partial charge in [0.05, 0.1) is 26.4 Å². The number of rotatable bonds is 9. The molecule has 0 aliphatic carbocycles. The average molecular weight is 205 g/mol. The van der Waals surface area contributed by atoms with Crippen LogP contribution in [0.15, 0.2) is 0 Å². The van der Waals surface area contributed by atoms with Gasteiger partial charge < -0.3 is 19.5 Å². The molecule has 4 nitrogen and oxygen atoms in total. The first kappa shape index (κ1) is 13.8. The fourth-order valence-electron chi connectivity index (χ4n) is 1.12. The van der Waals surface area contributed by atoms with E-state index in [1.807, 2.05) is 0 Å². The molecule has 14 heavy (non-hydrogen) atoms. The standard InChI is InChI=1S/C10H23NO3/c1-10(2,9-13-4)11-5-6-14-8-7-12-3/h11H,5-9H2,1-4H3. The third-order valence-electron chi connectivity index (χ3n) is 1.79. The zero-order valence-electron chi connectivity index (χ0n) is 9.76. The second-order valence-electron chi connectivity index (χ2n) is 3.85. The van der Waals surface area contributed by atoms with Crippen LogP contribution < -0.4 is 5.32 Å². The van der Waals surface area contributed by atoms with Crippen LogP contribution in [0.5, 0.6) is 0 Å². The molecule has 0 fully saturated rings. The lowest BCUT2D eigenvalue weighted by Crippen LogP contribution is -2.44. The molecule has 0 unspecified atom stereocenters. The minimum absolute atomic E-state index is 0.0133. The summed E-state index contributed by atoms with van der Waals surface area (Å²) in [6.07, 6.45) is 0. The van der Waals surface area contributed by atoms with Gasteiger partial charge in [0, 0.05) is 26.3 Å². The molecule has 0 aromatic rings. The van der Waals surface area contributed by atoms with Gasteiger partial charge >= 0.3 is 0 Å². The van der Waals surface area contributed by atoms with Crippen molar-refractivity contribution in [2.24, 2.45) is 0 Å². The van der Waals surface area contributed by atoms with E-state index in [0.29, 0.717) is 26.4 Å². The van der Waals surface area contributed by atoms with Crippen LogP contribution in [-0.2, 0) is 14.2 Å². The quantitative estimate of drug-likeness (QED) is 0.561. The summed E-state index contributed by atoms with van der Waals surface area (Å²) in [6.45, 7) is 7.75. The van der Waals surface area contributed by atoms with Crippen LogP contribution in [-0.4, -0.2) is 52.7 Å². The highest BCUT2D eigenvalue weighted by Crippen LogP contribution is 2.00. The van der Waals surface area contributed by atoms with Crippen molar-refractivity contribution in [1.29, 1.82) is 0 Å². The van der Waals surface area contributed by atoms with Crippen LogP contribution in [0.3, 0.4) is 0 Å². The van der Waals surface area contributed by atoms with Crippen molar-refractivity contribution in [3.8, 4) is 0 Å². The van der Waals surface area contributed by atoms with Crippen molar-refractivity contribution >= 4 is 0 Å². The molecule has 0 rings (SSSR count). The maximum atomic E-state index is 5.32. The van der Waals surface area contributed by atoms with Crippen LogP contribution in [0.4, 0.5) is 0 Å². The summed E-state index contributed by atoms with van der Waals surface area (Å²) < 4.78 is 15.3. The van der Waals surface area contributed by atoms with Gasteiger partial charge in [-0.1, -0.05) is 0 Å². The molecule has 86 valence electrons. The maximum absolute atomic E-state index is 5.32. The highest BCUT2D eigenvalue weighted by molar-refractivity contribution is 4.76. The molecule has 0 heterocycles. The van der Waals surface area contributed by atoms with Gasteiger partial charge in [-0.2, -0.15) is 0 Å². The Morgan fingerprint density at radius 1 is 1.00 bits per heavy atom. The fourth-order valence-corrected chi connectivity index (χ4v) is 1.12. The first-order valence-corrected chi connectivity index (χ1v) is 4.93. The Hall–Kier alpha value is -0.160. The van der Waals surface area contributed by atoms with Gasteiger partial charge in [-0.3, -0.25) is 0 Å². The highest BCUT2D eigenvalue weighted by atomic mass is 16.5. The van der Waals surface area contributed by atoms with Gasteiger partial charge in [0.15, 0.2) is 0 Å². The third-order valence-corrected chi connectivity index (χ3v) is 1.79.